The normalized spacial score (nSPS) is 20.4. The quantitative estimate of drug-likeness (QED) is 0.368. The van der Waals surface area contributed by atoms with Crippen molar-refractivity contribution in [2.45, 2.75) is 18.3 Å². The average molecular weight is 421 g/mol. The molecule has 3 nitrogen and oxygen atoms in total. The molecule has 0 aromatic heterocycles. The Morgan fingerprint density at radius 1 is 0.750 bits per heavy atom. The van der Waals surface area contributed by atoms with Gasteiger partial charge in [0.15, 0.2) is 6.61 Å². The minimum Gasteiger partial charge on any atom is -0.481 e. The first-order chi connectivity index (χ1) is 15.8. The Balaban J connectivity index is 1.16. The van der Waals surface area contributed by atoms with Crippen LogP contribution in [0.25, 0.3) is 10.8 Å². The van der Waals surface area contributed by atoms with Crippen LogP contribution in [0.1, 0.15) is 40.5 Å². The highest BCUT2D eigenvalue weighted by Crippen LogP contribution is 2.55. The maximum absolute atomic E-state index is 12.5. The van der Waals surface area contributed by atoms with Gasteiger partial charge in [-0.1, -0.05) is 84.9 Å². The van der Waals surface area contributed by atoms with Crippen molar-refractivity contribution in [2.75, 3.05) is 13.2 Å². The molecular formula is C29H24O3. The number of fused-ring (bicyclic) bond motifs is 2. The third-order valence-corrected chi connectivity index (χ3v) is 6.98. The lowest BCUT2D eigenvalue weighted by Gasteiger charge is -2.45. The Hall–Kier alpha value is -3.59. The van der Waals surface area contributed by atoms with Crippen LogP contribution in [0, 0.1) is 5.92 Å². The van der Waals surface area contributed by atoms with E-state index in [1.54, 1.807) is 0 Å². The van der Waals surface area contributed by atoms with Gasteiger partial charge in [-0.3, -0.25) is 0 Å². The second-order valence-electron chi connectivity index (χ2n) is 8.73. The maximum Gasteiger partial charge on any atom is 0.344 e. The summed E-state index contributed by atoms with van der Waals surface area (Å²) in [5.74, 6) is 1.33. The van der Waals surface area contributed by atoms with Crippen LogP contribution in [-0.4, -0.2) is 19.2 Å². The minimum atomic E-state index is -0.319. The molecule has 7 rings (SSSR count). The summed E-state index contributed by atoms with van der Waals surface area (Å²) in [6, 6.07) is 31.3. The molecule has 1 unspecified atom stereocenters. The van der Waals surface area contributed by atoms with Crippen LogP contribution < -0.4 is 4.74 Å². The molecule has 0 saturated heterocycles. The Morgan fingerprint density at radius 2 is 1.38 bits per heavy atom. The van der Waals surface area contributed by atoms with E-state index in [4.69, 9.17) is 9.47 Å². The lowest BCUT2D eigenvalue weighted by molar-refractivity contribution is -0.147. The summed E-state index contributed by atoms with van der Waals surface area (Å²) in [5, 5.41) is 2.09. The van der Waals surface area contributed by atoms with Crippen LogP contribution in [0.3, 0.4) is 0 Å². The lowest BCUT2D eigenvalue weighted by atomic mass is 9.59. The van der Waals surface area contributed by atoms with E-state index in [2.05, 4.69) is 48.5 Å². The molecule has 32 heavy (non-hydrogen) atoms. The zero-order chi connectivity index (χ0) is 21.5. The maximum atomic E-state index is 12.5. The number of rotatable bonds is 5. The molecule has 0 fully saturated rings. The Morgan fingerprint density at radius 3 is 2.12 bits per heavy atom. The summed E-state index contributed by atoms with van der Waals surface area (Å²) in [6.45, 7) is 0.337. The molecule has 2 bridgehead atoms. The smallest absolute Gasteiger partial charge is 0.344 e. The first-order valence-electron chi connectivity index (χ1n) is 11.2. The van der Waals surface area contributed by atoms with E-state index in [1.165, 1.54) is 22.3 Å². The molecule has 3 aliphatic carbocycles. The van der Waals surface area contributed by atoms with Crippen molar-refractivity contribution in [2.24, 2.45) is 5.92 Å². The van der Waals surface area contributed by atoms with Crippen LogP contribution in [0.2, 0.25) is 0 Å². The van der Waals surface area contributed by atoms with E-state index in [9.17, 15) is 4.79 Å². The van der Waals surface area contributed by atoms with Gasteiger partial charge in [-0.25, -0.2) is 4.79 Å². The van der Waals surface area contributed by atoms with Crippen molar-refractivity contribution in [3.05, 3.63) is 113 Å². The van der Waals surface area contributed by atoms with Crippen molar-refractivity contribution in [1.29, 1.82) is 0 Å². The van der Waals surface area contributed by atoms with Gasteiger partial charge in [-0.05, 0) is 40.1 Å². The topological polar surface area (TPSA) is 35.5 Å². The van der Waals surface area contributed by atoms with Crippen molar-refractivity contribution in [1.82, 2.24) is 0 Å². The van der Waals surface area contributed by atoms with E-state index in [-0.39, 0.29) is 24.4 Å². The highest BCUT2D eigenvalue weighted by Gasteiger charge is 2.43. The van der Waals surface area contributed by atoms with Gasteiger partial charge in [-0.2, -0.15) is 0 Å². The van der Waals surface area contributed by atoms with Crippen LogP contribution in [-0.2, 0) is 9.53 Å². The zero-order valence-corrected chi connectivity index (χ0v) is 17.7. The van der Waals surface area contributed by atoms with Gasteiger partial charge in [0.05, 0.1) is 6.61 Å². The largest absolute Gasteiger partial charge is 0.481 e. The summed E-state index contributed by atoms with van der Waals surface area (Å²) in [6.07, 6.45) is 1.01. The van der Waals surface area contributed by atoms with Crippen LogP contribution in [0.4, 0.5) is 0 Å². The van der Waals surface area contributed by atoms with Crippen LogP contribution in [0.5, 0.6) is 5.75 Å². The number of esters is 1. The summed E-state index contributed by atoms with van der Waals surface area (Å²) in [5.41, 5.74) is 5.63. The molecular weight excluding hydrogens is 396 g/mol. The molecule has 1 atom stereocenters. The van der Waals surface area contributed by atoms with Crippen molar-refractivity contribution >= 4 is 16.7 Å². The molecule has 0 spiro atoms. The van der Waals surface area contributed by atoms with Crippen LogP contribution in [0.15, 0.2) is 91.0 Å². The Bertz CT molecular complexity index is 1260. The second kappa shape index (κ2) is 7.83. The van der Waals surface area contributed by atoms with E-state index >= 15 is 0 Å². The molecule has 4 aromatic rings. The molecule has 3 aliphatic rings. The van der Waals surface area contributed by atoms with Gasteiger partial charge in [0, 0.05) is 23.1 Å². The number of benzene rings is 4. The predicted molar refractivity (Wildman–Crippen MR) is 125 cm³/mol. The fourth-order valence-electron chi connectivity index (χ4n) is 5.62. The van der Waals surface area contributed by atoms with Crippen LogP contribution >= 0.6 is 0 Å². The number of ether oxygens (including phenoxy) is 2. The Kier molecular flexibility index (Phi) is 4.68. The summed E-state index contributed by atoms with van der Waals surface area (Å²) in [7, 11) is 0. The highest BCUT2D eigenvalue weighted by molar-refractivity contribution is 5.88. The molecule has 3 heteroatoms. The van der Waals surface area contributed by atoms with Crippen molar-refractivity contribution < 1.29 is 14.3 Å². The molecule has 0 saturated carbocycles. The van der Waals surface area contributed by atoms with E-state index in [0.717, 1.165) is 17.2 Å². The summed E-state index contributed by atoms with van der Waals surface area (Å²) < 4.78 is 11.6. The van der Waals surface area contributed by atoms with E-state index in [1.807, 2.05) is 42.5 Å². The molecule has 0 radical (unpaired) electrons. The highest BCUT2D eigenvalue weighted by atomic mass is 16.6. The van der Waals surface area contributed by atoms with E-state index in [0.29, 0.717) is 18.3 Å². The van der Waals surface area contributed by atoms with Gasteiger partial charge in [0.1, 0.15) is 5.75 Å². The fraction of sp³-hybridized carbons (Fsp3) is 0.207. The first kappa shape index (κ1) is 19.1. The summed E-state index contributed by atoms with van der Waals surface area (Å²) >= 11 is 0. The predicted octanol–water partition coefficient (Wildman–Crippen LogP) is 6.06. The van der Waals surface area contributed by atoms with E-state index < -0.39 is 0 Å². The lowest BCUT2D eigenvalue weighted by Crippen LogP contribution is -2.35. The van der Waals surface area contributed by atoms with Gasteiger partial charge in [0.2, 0.25) is 0 Å². The van der Waals surface area contributed by atoms with Gasteiger partial charge >= 0.3 is 5.97 Å². The fourth-order valence-corrected chi connectivity index (χ4v) is 5.62. The Labute approximate surface area is 187 Å². The number of carbonyl (C=O) groups is 1. The van der Waals surface area contributed by atoms with Gasteiger partial charge in [-0.15, -0.1) is 0 Å². The average Bonchev–Trinajstić information content (AvgIpc) is 2.86. The first-order valence-corrected chi connectivity index (χ1v) is 11.2. The molecule has 0 aliphatic heterocycles. The van der Waals surface area contributed by atoms with Gasteiger partial charge < -0.3 is 9.47 Å². The number of carbonyl (C=O) groups excluding carboxylic acids is 1. The summed E-state index contributed by atoms with van der Waals surface area (Å²) in [4.78, 5) is 12.5. The molecule has 158 valence electrons. The minimum absolute atomic E-state index is 0.0814. The SMILES string of the molecule is O=C(COc1cccc2ccccc12)OCC1CC2c3ccccc3C1c1ccccc12. The van der Waals surface area contributed by atoms with Crippen molar-refractivity contribution in [3.63, 3.8) is 0 Å². The molecule has 0 amide bonds. The third kappa shape index (κ3) is 3.16. The standard InChI is InChI=1S/C29H24O3/c30-28(18-31-27-15-7-9-19-8-1-2-10-21(19)27)32-17-20-16-26-22-11-3-5-13-24(22)29(20)25-14-6-4-12-23(25)26/h1-15,20,26,29H,16-18H2. The monoisotopic (exact) mass is 420 g/mol. The van der Waals surface area contributed by atoms with Crippen molar-refractivity contribution in [3.8, 4) is 5.75 Å². The second-order valence-corrected chi connectivity index (χ2v) is 8.73. The number of hydrogen-bond acceptors (Lipinski definition) is 3. The zero-order valence-electron chi connectivity index (χ0n) is 17.7. The third-order valence-electron chi connectivity index (χ3n) is 6.98. The molecule has 4 aromatic carbocycles. The molecule has 0 N–H and O–H groups in total. The molecule has 0 heterocycles. The van der Waals surface area contributed by atoms with Gasteiger partial charge in [0.25, 0.3) is 0 Å². The number of hydrogen-bond donors (Lipinski definition) is 0.